The van der Waals surface area contributed by atoms with Crippen molar-refractivity contribution in [1.29, 1.82) is 5.26 Å². The molecule has 3 aromatic carbocycles. The molecule has 0 fully saturated rings. The van der Waals surface area contributed by atoms with Crippen LogP contribution in [0.3, 0.4) is 0 Å². The van der Waals surface area contributed by atoms with E-state index in [0.29, 0.717) is 10.6 Å². The van der Waals surface area contributed by atoms with E-state index in [1.807, 2.05) is 13.0 Å². The van der Waals surface area contributed by atoms with Gasteiger partial charge in [-0.25, -0.2) is 0 Å². The molecule has 3 rings (SSSR count). The number of nitrogens with zero attached hydrogens (tertiary/aromatic N) is 1. The van der Waals surface area contributed by atoms with Crippen LogP contribution in [-0.4, -0.2) is 14.3 Å². The number of anilines is 1. The number of hydrogen-bond acceptors (Lipinski definition) is 5. The molecule has 0 saturated carbocycles. The molecule has 0 aliphatic carbocycles. The van der Waals surface area contributed by atoms with Crippen molar-refractivity contribution >= 4 is 51.0 Å². The van der Waals surface area contributed by atoms with Crippen molar-refractivity contribution in [2.24, 2.45) is 0 Å². The van der Waals surface area contributed by atoms with Crippen LogP contribution in [-0.2, 0) is 14.9 Å². The van der Waals surface area contributed by atoms with Crippen LogP contribution in [0.5, 0.6) is 5.75 Å². The second-order valence-electron chi connectivity index (χ2n) is 6.67. The summed E-state index contributed by atoms with van der Waals surface area (Å²) in [6.45, 7) is 1.84. The van der Waals surface area contributed by atoms with Crippen LogP contribution in [0.15, 0.2) is 77.2 Å². The Kier molecular flexibility index (Phi) is 7.21. The second-order valence-corrected chi connectivity index (χ2v) is 9.06. The molecule has 0 atom stereocenters. The first-order valence-electron chi connectivity index (χ1n) is 9.17. The van der Waals surface area contributed by atoms with Gasteiger partial charge in [0.05, 0.1) is 10.7 Å². The van der Waals surface area contributed by atoms with Crippen LogP contribution >= 0.6 is 23.2 Å². The largest absolute Gasteiger partial charge is 0.379 e. The minimum absolute atomic E-state index is 0.0135. The van der Waals surface area contributed by atoms with Crippen LogP contribution < -0.4 is 9.50 Å². The van der Waals surface area contributed by atoms with Gasteiger partial charge < -0.3 is 9.50 Å². The van der Waals surface area contributed by atoms with Gasteiger partial charge in [0.25, 0.3) is 5.91 Å². The predicted molar refractivity (Wildman–Crippen MR) is 124 cm³/mol. The molecule has 0 aliphatic heterocycles. The van der Waals surface area contributed by atoms with E-state index in [2.05, 4.69) is 5.32 Å². The second kappa shape index (κ2) is 9.88. The highest BCUT2D eigenvalue weighted by Crippen LogP contribution is 2.26. The molecular formula is C23H16Cl2N2O4S. The first-order chi connectivity index (χ1) is 15.2. The Hall–Kier alpha value is -3.31. The van der Waals surface area contributed by atoms with E-state index in [4.69, 9.17) is 27.4 Å². The summed E-state index contributed by atoms with van der Waals surface area (Å²) in [7, 11) is -4.04. The standard InChI is InChI=1S/C23H16Cl2N2O4S/c1-15-5-8-20(9-6-15)32(29,30)31-19-4-2-3-16(12-19)11-17(14-26)23(28)27-22-13-18(24)7-10-21(22)25/h2-13H,1H3,(H,27,28)/b17-11-. The molecule has 32 heavy (non-hydrogen) atoms. The Bertz CT molecular complexity index is 1350. The van der Waals surface area contributed by atoms with Gasteiger partial charge in [-0.15, -0.1) is 0 Å². The van der Waals surface area contributed by atoms with Gasteiger partial charge in [-0.1, -0.05) is 53.0 Å². The van der Waals surface area contributed by atoms with Crippen LogP contribution in [0.1, 0.15) is 11.1 Å². The Morgan fingerprint density at radius 3 is 2.47 bits per heavy atom. The summed E-state index contributed by atoms with van der Waals surface area (Å²) in [5, 5.41) is 12.6. The van der Waals surface area contributed by atoms with Gasteiger partial charge in [0.15, 0.2) is 0 Å². The molecule has 6 nitrogen and oxygen atoms in total. The Morgan fingerprint density at radius 2 is 1.78 bits per heavy atom. The average Bonchev–Trinajstić information content (AvgIpc) is 2.75. The van der Waals surface area contributed by atoms with Gasteiger partial charge in [-0.2, -0.15) is 13.7 Å². The van der Waals surface area contributed by atoms with E-state index >= 15 is 0 Å². The Morgan fingerprint density at radius 1 is 1.06 bits per heavy atom. The first-order valence-corrected chi connectivity index (χ1v) is 11.3. The van der Waals surface area contributed by atoms with E-state index in [-0.39, 0.29) is 26.9 Å². The number of carbonyl (C=O) groups excluding carboxylic acids is 1. The highest BCUT2D eigenvalue weighted by molar-refractivity contribution is 7.87. The summed E-state index contributed by atoms with van der Waals surface area (Å²) in [6.07, 6.45) is 1.30. The lowest BCUT2D eigenvalue weighted by atomic mass is 10.1. The summed E-state index contributed by atoms with van der Waals surface area (Å²) in [5.74, 6) is -0.662. The molecule has 9 heteroatoms. The molecule has 1 N–H and O–H groups in total. The van der Waals surface area contributed by atoms with Gasteiger partial charge >= 0.3 is 10.1 Å². The van der Waals surface area contributed by atoms with E-state index in [1.165, 1.54) is 42.5 Å². The number of nitrogens with one attached hydrogen (secondary N) is 1. The lowest BCUT2D eigenvalue weighted by molar-refractivity contribution is -0.112. The maximum Gasteiger partial charge on any atom is 0.339 e. The zero-order valence-corrected chi connectivity index (χ0v) is 19.0. The lowest BCUT2D eigenvalue weighted by Crippen LogP contribution is -2.13. The number of rotatable bonds is 6. The Balaban J connectivity index is 1.82. The summed E-state index contributed by atoms with van der Waals surface area (Å²) in [4.78, 5) is 12.5. The topological polar surface area (TPSA) is 96.3 Å². The molecule has 0 unspecified atom stereocenters. The third-order valence-electron chi connectivity index (χ3n) is 4.23. The third-order valence-corrected chi connectivity index (χ3v) is 6.05. The van der Waals surface area contributed by atoms with Crippen molar-refractivity contribution < 1.29 is 17.4 Å². The number of nitriles is 1. The van der Waals surface area contributed by atoms with E-state index in [0.717, 1.165) is 5.56 Å². The summed E-state index contributed by atoms with van der Waals surface area (Å²) >= 11 is 12.0. The third kappa shape index (κ3) is 5.89. The quantitative estimate of drug-likeness (QED) is 0.277. The van der Waals surface area contributed by atoms with Gasteiger partial charge in [-0.05, 0) is 61.0 Å². The SMILES string of the molecule is Cc1ccc(S(=O)(=O)Oc2cccc(/C=C(/C#N)C(=O)Nc3cc(Cl)ccc3Cl)c2)cc1. The molecule has 1 amide bonds. The van der Waals surface area contributed by atoms with Crippen LogP contribution in [0, 0.1) is 18.3 Å². The maximum absolute atomic E-state index is 12.5. The Labute approximate surface area is 195 Å². The maximum atomic E-state index is 12.5. The van der Waals surface area contributed by atoms with Crippen molar-refractivity contribution in [2.75, 3.05) is 5.32 Å². The van der Waals surface area contributed by atoms with Gasteiger partial charge in [0, 0.05) is 5.02 Å². The van der Waals surface area contributed by atoms with Crippen molar-refractivity contribution in [3.63, 3.8) is 0 Å². The van der Waals surface area contributed by atoms with E-state index in [1.54, 1.807) is 30.3 Å². The molecule has 0 spiro atoms. The molecule has 0 bridgehead atoms. The number of hydrogen-bond donors (Lipinski definition) is 1. The van der Waals surface area contributed by atoms with E-state index in [9.17, 15) is 18.5 Å². The zero-order chi connectivity index (χ0) is 23.3. The molecule has 3 aromatic rings. The number of halogens is 2. The predicted octanol–water partition coefficient (Wildman–Crippen LogP) is 5.62. The van der Waals surface area contributed by atoms with Crippen molar-refractivity contribution in [3.8, 4) is 11.8 Å². The molecule has 0 saturated heterocycles. The summed E-state index contributed by atoms with van der Waals surface area (Å²) < 4.78 is 30.2. The normalized spacial score (nSPS) is 11.5. The molecule has 0 aliphatic rings. The fourth-order valence-electron chi connectivity index (χ4n) is 2.63. The minimum atomic E-state index is -4.04. The zero-order valence-electron chi connectivity index (χ0n) is 16.7. The summed E-state index contributed by atoms with van der Waals surface area (Å²) in [6, 6.07) is 18.6. The summed E-state index contributed by atoms with van der Waals surface area (Å²) in [5.41, 5.74) is 1.34. The molecular weight excluding hydrogens is 471 g/mol. The van der Waals surface area contributed by atoms with Crippen molar-refractivity contribution in [2.45, 2.75) is 11.8 Å². The monoisotopic (exact) mass is 486 g/mol. The van der Waals surface area contributed by atoms with Crippen molar-refractivity contribution in [1.82, 2.24) is 0 Å². The van der Waals surface area contributed by atoms with Gasteiger partial charge in [0.2, 0.25) is 0 Å². The molecule has 162 valence electrons. The molecule has 0 aromatic heterocycles. The van der Waals surface area contributed by atoms with Gasteiger partial charge in [0.1, 0.15) is 22.3 Å². The van der Waals surface area contributed by atoms with Crippen LogP contribution in [0.25, 0.3) is 6.08 Å². The minimum Gasteiger partial charge on any atom is -0.379 e. The number of amides is 1. The first kappa shape index (κ1) is 23.4. The smallest absolute Gasteiger partial charge is 0.339 e. The highest BCUT2D eigenvalue weighted by atomic mass is 35.5. The molecule has 0 radical (unpaired) electrons. The van der Waals surface area contributed by atoms with Crippen LogP contribution in [0.4, 0.5) is 5.69 Å². The van der Waals surface area contributed by atoms with E-state index < -0.39 is 16.0 Å². The fourth-order valence-corrected chi connectivity index (χ4v) is 3.89. The highest BCUT2D eigenvalue weighted by Gasteiger charge is 2.17. The molecule has 0 heterocycles. The van der Waals surface area contributed by atoms with Gasteiger partial charge in [-0.3, -0.25) is 4.79 Å². The number of benzene rings is 3. The lowest BCUT2D eigenvalue weighted by Gasteiger charge is -2.09. The van der Waals surface area contributed by atoms with Crippen LogP contribution in [0.2, 0.25) is 10.0 Å². The fraction of sp³-hybridized carbons (Fsp3) is 0.0435. The number of aryl methyl sites for hydroxylation is 1. The average molecular weight is 487 g/mol. The van der Waals surface area contributed by atoms with Crippen molar-refractivity contribution in [3.05, 3.63) is 93.5 Å². The number of carbonyl (C=O) groups is 1.